The van der Waals surface area contributed by atoms with Crippen molar-refractivity contribution in [2.24, 2.45) is 0 Å². The van der Waals surface area contributed by atoms with Gasteiger partial charge < -0.3 is 14.5 Å². The second kappa shape index (κ2) is 14.1. The van der Waals surface area contributed by atoms with Crippen LogP contribution in [0.25, 0.3) is 0 Å². The van der Waals surface area contributed by atoms with Gasteiger partial charge in [0.2, 0.25) is 5.91 Å². The lowest BCUT2D eigenvalue weighted by Crippen LogP contribution is -2.51. The molecule has 2 aromatic rings. The molecule has 5 rings (SSSR count). The van der Waals surface area contributed by atoms with E-state index in [0.29, 0.717) is 33.5 Å². The number of anilines is 2. The third-order valence-electron chi connectivity index (χ3n) is 8.80. The minimum atomic E-state index is -3.20. The molecule has 46 heavy (non-hydrogen) atoms. The van der Waals surface area contributed by atoms with Crippen LogP contribution in [0.4, 0.5) is 11.5 Å². The molecule has 18 heteroatoms. The topological polar surface area (TPSA) is 171 Å². The first-order valence-electron chi connectivity index (χ1n) is 14.9. The standard InChI is InChI=1S/C28H38ClIN6O8S2/c1-18-12-20(21-14-35(15-21)22-4-6-34(16-22)24(37)5-9-45(3,40)41)13-23(36(39)30-38)26(18)44-19(2)25-27(29)31-17-32-28(25)33-7-10-46(42,43)11-8-33/h12-13,17,19,21-22,39H,4-11,14-16H2,1-3H3/t19-,22?/m1/s1. The van der Waals surface area contributed by atoms with Crippen molar-refractivity contribution < 1.29 is 34.6 Å². The molecule has 1 amide bonds. The fraction of sp³-hybridized carbons (Fsp3) is 0.607. The van der Waals surface area contributed by atoms with Crippen LogP contribution in [0.2, 0.25) is 5.15 Å². The van der Waals surface area contributed by atoms with Gasteiger partial charge >= 0.3 is 0 Å². The quantitative estimate of drug-likeness (QED) is 0.152. The minimum Gasteiger partial charge on any atom is -0.483 e. The van der Waals surface area contributed by atoms with E-state index in [1.807, 2.05) is 17.9 Å². The van der Waals surface area contributed by atoms with Gasteiger partial charge in [-0.15, -0.1) is 0 Å². The van der Waals surface area contributed by atoms with Crippen LogP contribution in [0.5, 0.6) is 5.75 Å². The van der Waals surface area contributed by atoms with Crippen molar-refractivity contribution in [3.8, 4) is 5.75 Å². The molecule has 0 aliphatic carbocycles. The van der Waals surface area contributed by atoms with Crippen molar-refractivity contribution in [2.45, 2.75) is 44.8 Å². The Kier molecular flexibility index (Phi) is 10.8. The minimum absolute atomic E-state index is 0.00175. The number of ether oxygens (including phenoxy) is 1. The molecule has 1 N–H and O–H groups in total. The zero-order valence-corrected chi connectivity index (χ0v) is 30.3. The molecule has 3 aliphatic heterocycles. The van der Waals surface area contributed by atoms with Crippen molar-refractivity contribution >= 4 is 70.2 Å². The summed E-state index contributed by atoms with van der Waals surface area (Å²) in [5.41, 5.74) is 2.42. The van der Waals surface area contributed by atoms with Crippen LogP contribution in [0.15, 0.2) is 18.5 Å². The number of nitrogens with zero attached hydrogens (tertiary/aromatic N) is 6. The van der Waals surface area contributed by atoms with Gasteiger partial charge in [0.15, 0.2) is 9.84 Å². The Morgan fingerprint density at radius 2 is 1.89 bits per heavy atom. The Morgan fingerprint density at radius 3 is 2.54 bits per heavy atom. The monoisotopic (exact) mass is 812 g/mol. The number of amides is 1. The first-order valence-corrected chi connectivity index (χ1v) is 21.0. The van der Waals surface area contributed by atoms with Crippen LogP contribution >= 0.6 is 33.1 Å². The van der Waals surface area contributed by atoms with Gasteiger partial charge in [-0.2, -0.15) is 3.28 Å². The lowest BCUT2D eigenvalue weighted by Gasteiger charge is -2.43. The van der Waals surface area contributed by atoms with Gasteiger partial charge in [-0.25, -0.2) is 29.9 Å². The molecule has 0 saturated carbocycles. The highest BCUT2D eigenvalue weighted by Gasteiger charge is 2.38. The molecule has 3 aliphatic rings. The molecule has 3 saturated heterocycles. The molecule has 254 valence electrons. The Bertz CT molecular complexity index is 1700. The Hall–Kier alpha value is -2.19. The predicted octanol–water partition coefficient (Wildman–Crippen LogP) is 2.67. The summed E-state index contributed by atoms with van der Waals surface area (Å²) < 4.78 is 66.0. The van der Waals surface area contributed by atoms with Crippen LogP contribution < -0.4 is 12.9 Å². The summed E-state index contributed by atoms with van der Waals surface area (Å²) in [6.45, 7) is 6.79. The molecular formula is C28H38ClIN6O8S2. The molecular weight excluding hydrogens is 775 g/mol. The predicted molar refractivity (Wildman–Crippen MR) is 181 cm³/mol. The fourth-order valence-corrected chi connectivity index (χ4v) is 8.79. The van der Waals surface area contributed by atoms with Gasteiger partial charge in [0.05, 0.1) is 22.8 Å². The van der Waals surface area contributed by atoms with Gasteiger partial charge in [0, 0.05) is 63.9 Å². The summed E-state index contributed by atoms with van der Waals surface area (Å²) >= 11 is 4.55. The maximum absolute atomic E-state index is 12.5. The van der Waals surface area contributed by atoms with Gasteiger partial charge in [0.1, 0.15) is 44.7 Å². The summed E-state index contributed by atoms with van der Waals surface area (Å²) in [6, 6.07) is 3.96. The number of aromatic nitrogens is 2. The normalized spacial score (nSPS) is 21.2. The van der Waals surface area contributed by atoms with Crippen LogP contribution in [0, 0.1) is 6.92 Å². The number of hydrogen-bond donors (Lipinski definition) is 1. The molecule has 2 atom stereocenters. The number of aryl methyl sites for hydroxylation is 1. The summed E-state index contributed by atoms with van der Waals surface area (Å²) in [4.78, 5) is 26.9. The number of hydrogen-bond acceptors (Lipinski definition) is 12. The van der Waals surface area contributed by atoms with Crippen LogP contribution in [0.1, 0.15) is 48.5 Å². The molecule has 0 radical (unpaired) electrons. The number of rotatable bonds is 11. The van der Waals surface area contributed by atoms with Crippen molar-refractivity contribution in [3.05, 3.63) is 40.3 Å². The van der Waals surface area contributed by atoms with Crippen molar-refractivity contribution in [2.75, 3.05) is 71.0 Å². The van der Waals surface area contributed by atoms with Crippen molar-refractivity contribution in [1.29, 1.82) is 0 Å². The smallest absolute Gasteiger partial charge is 0.300 e. The number of sulfone groups is 2. The van der Waals surface area contributed by atoms with E-state index in [2.05, 4.69) is 14.9 Å². The SMILES string of the molecule is Cc1cc(C2CN(C3CCN(C(=O)CCS(C)(=O)=O)C3)C2)cc(N(O)I=O)c1O[C@H](C)c1c(Cl)ncnc1N1CCS(=O)(=O)CC1. The van der Waals surface area contributed by atoms with E-state index >= 15 is 0 Å². The second-order valence-electron chi connectivity index (χ2n) is 12.1. The average molecular weight is 813 g/mol. The van der Waals surface area contributed by atoms with Crippen molar-refractivity contribution in [1.82, 2.24) is 19.8 Å². The Balaban J connectivity index is 1.29. The zero-order chi connectivity index (χ0) is 33.4. The molecule has 1 aromatic carbocycles. The number of carbonyl (C=O) groups excluding carboxylic acids is 1. The molecule has 3 fully saturated rings. The number of carbonyl (C=O) groups is 1. The van der Waals surface area contributed by atoms with E-state index in [-0.39, 0.29) is 65.5 Å². The highest BCUT2D eigenvalue weighted by atomic mass is 127. The van der Waals surface area contributed by atoms with Crippen LogP contribution in [-0.4, -0.2) is 117 Å². The third-order valence-corrected chi connectivity index (χ3v) is 12.6. The second-order valence-corrected chi connectivity index (χ2v) is 18.4. The largest absolute Gasteiger partial charge is 0.483 e. The lowest BCUT2D eigenvalue weighted by atomic mass is 9.88. The molecule has 0 bridgehead atoms. The maximum Gasteiger partial charge on any atom is 0.300 e. The van der Waals surface area contributed by atoms with E-state index in [0.717, 1.165) is 36.9 Å². The van der Waals surface area contributed by atoms with Crippen LogP contribution in [0.3, 0.4) is 0 Å². The molecule has 14 nitrogen and oxygen atoms in total. The maximum atomic E-state index is 12.5. The molecule has 1 aromatic heterocycles. The third kappa shape index (κ3) is 8.08. The van der Waals surface area contributed by atoms with E-state index in [1.54, 1.807) is 17.9 Å². The van der Waals surface area contributed by atoms with Crippen LogP contribution in [-0.2, 0) is 27.5 Å². The Morgan fingerprint density at radius 1 is 1.20 bits per heavy atom. The summed E-state index contributed by atoms with van der Waals surface area (Å²) in [5, 5.41) is 10.8. The number of halogens is 2. The van der Waals surface area contributed by atoms with E-state index in [9.17, 15) is 29.9 Å². The van der Waals surface area contributed by atoms with Gasteiger partial charge in [0.25, 0.3) is 21.5 Å². The summed E-state index contributed by atoms with van der Waals surface area (Å²) in [7, 11) is -6.31. The number of likely N-dealkylation sites (tertiary alicyclic amines) is 2. The average Bonchev–Trinajstić information content (AvgIpc) is 3.45. The van der Waals surface area contributed by atoms with E-state index < -0.39 is 47.2 Å². The first-order chi connectivity index (χ1) is 21.7. The highest BCUT2D eigenvalue weighted by molar-refractivity contribution is 14.1. The van der Waals surface area contributed by atoms with Gasteiger partial charge in [-0.05, 0) is 37.5 Å². The van der Waals surface area contributed by atoms with Gasteiger partial charge in [-0.3, -0.25) is 14.9 Å². The highest BCUT2D eigenvalue weighted by Crippen LogP contribution is 2.43. The molecule has 0 spiro atoms. The fourth-order valence-electron chi connectivity index (χ4n) is 6.19. The lowest BCUT2D eigenvalue weighted by molar-refractivity contribution is -0.130. The summed E-state index contributed by atoms with van der Waals surface area (Å²) in [6.07, 6.45) is 2.57. The summed E-state index contributed by atoms with van der Waals surface area (Å²) in [5.74, 6) is 0.673. The van der Waals surface area contributed by atoms with E-state index in [4.69, 9.17) is 16.3 Å². The first kappa shape index (κ1) is 35.1. The Labute approximate surface area is 284 Å². The zero-order valence-electron chi connectivity index (χ0n) is 25.8. The molecule has 1 unspecified atom stereocenters. The van der Waals surface area contributed by atoms with E-state index in [1.165, 1.54) is 6.33 Å². The van der Waals surface area contributed by atoms with Crippen molar-refractivity contribution in [3.63, 3.8) is 0 Å². The molecule has 4 heterocycles. The number of benzene rings is 1. The van der Waals surface area contributed by atoms with Gasteiger partial charge in [-0.1, -0.05) is 17.7 Å².